The number of hydrogen-bond donors (Lipinski definition) is 1. The monoisotopic (exact) mass is 326 g/mol. The smallest absolute Gasteiger partial charge is 0.251 e. The summed E-state index contributed by atoms with van der Waals surface area (Å²) in [6, 6.07) is 7.46. The van der Waals surface area contributed by atoms with Crippen molar-refractivity contribution in [1.82, 2.24) is 10.2 Å². The van der Waals surface area contributed by atoms with Crippen LogP contribution in [-0.4, -0.2) is 37.0 Å². The zero-order chi connectivity index (χ0) is 14.1. The topological polar surface area (TPSA) is 32.3 Å². The molecule has 0 aliphatic heterocycles. The molecule has 3 nitrogen and oxygen atoms in total. The minimum Gasteiger partial charge on any atom is -0.352 e. The molecule has 0 aliphatic carbocycles. The molecule has 0 unspecified atom stereocenters. The maximum absolute atomic E-state index is 11.9. The highest BCUT2D eigenvalue weighted by molar-refractivity contribution is 9.10. The number of unbranched alkanes of at least 4 members (excludes halogenated alkanes) is 1. The van der Waals surface area contributed by atoms with Gasteiger partial charge < -0.3 is 10.2 Å². The van der Waals surface area contributed by atoms with Crippen molar-refractivity contribution in [3.05, 3.63) is 34.3 Å². The van der Waals surface area contributed by atoms with E-state index in [9.17, 15) is 4.79 Å². The van der Waals surface area contributed by atoms with Gasteiger partial charge in [-0.15, -0.1) is 0 Å². The average molecular weight is 327 g/mol. The first-order valence-corrected chi connectivity index (χ1v) is 7.72. The van der Waals surface area contributed by atoms with E-state index in [-0.39, 0.29) is 5.91 Å². The third-order valence-corrected chi connectivity index (χ3v) is 3.66. The number of carbonyl (C=O) groups is 1. The fraction of sp³-hybridized carbons (Fsp3) is 0.533. The second-order valence-corrected chi connectivity index (χ2v) is 5.42. The molecule has 4 heteroatoms. The first kappa shape index (κ1) is 16.2. The Kier molecular flexibility index (Phi) is 7.75. The molecule has 1 aromatic carbocycles. The van der Waals surface area contributed by atoms with Crippen molar-refractivity contribution in [2.45, 2.75) is 26.7 Å². The summed E-state index contributed by atoms with van der Waals surface area (Å²) >= 11 is 3.37. The molecule has 1 amide bonds. The van der Waals surface area contributed by atoms with Gasteiger partial charge in [0, 0.05) is 16.6 Å². The van der Waals surface area contributed by atoms with Gasteiger partial charge in [-0.25, -0.2) is 0 Å². The molecule has 0 aliphatic rings. The number of rotatable bonds is 8. The fourth-order valence-corrected chi connectivity index (χ4v) is 2.33. The van der Waals surface area contributed by atoms with Crippen LogP contribution in [-0.2, 0) is 0 Å². The molecule has 0 saturated heterocycles. The molecule has 0 spiro atoms. The number of halogens is 1. The quantitative estimate of drug-likeness (QED) is 0.743. The third kappa shape index (κ3) is 6.21. The average Bonchev–Trinajstić information content (AvgIpc) is 2.42. The van der Waals surface area contributed by atoms with Gasteiger partial charge in [0.05, 0.1) is 0 Å². The van der Waals surface area contributed by atoms with Gasteiger partial charge in [-0.05, 0) is 50.7 Å². The van der Waals surface area contributed by atoms with Gasteiger partial charge in [-0.1, -0.05) is 35.8 Å². The largest absolute Gasteiger partial charge is 0.352 e. The second kappa shape index (κ2) is 9.10. The van der Waals surface area contributed by atoms with Crippen LogP contribution in [0.15, 0.2) is 28.7 Å². The van der Waals surface area contributed by atoms with Crippen molar-refractivity contribution in [2.75, 3.05) is 26.2 Å². The lowest BCUT2D eigenvalue weighted by Gasteiger charge is -2.17. The van der Waals surface area contributed by atoms with E-state index in [0.717, 1.165) is 43.5 Å². The van der Waals surface area contributed by atoms with Crippen LogP contribution in [0.5, 0.6) is 0 Å². The van der Waals surface area contributed by atoms with E-state index < -0.39 is 0 Å². The van der Waals surface area contributed by atoms with Crippen LogP contribution in [0, 0.1) is 0 Å². The Morgan fingerprint density at radius 3 is 2.63 bits per heavy atom. The van der Waals surface area contributed by atoms with Crippen molar-refractivity contribution in [3.63, 3.8) is 0 Å². The van der Waals surface area contributed by atoms with Crippen molar-refractivity contribution in [3.8, 4) is 0 Å². The highest BCUT2D eigenvalue weighted by Crippen LogP contribution is 2.11. The number of hydrogen-bond acceptors (Lipinski definition) is 2. The molecule has 106 valence electrons. The Balaban J connectivity index is 2.21. The summed E-state index contributed by atoms with van der Waals surface area (Å²) in [5, 5.41) is 2.96. The van der Waals surface area contributed by atoms with E-state index in [1.807, 2.05) is 24.3 Å². The van der Waals surface area contributed by atoms with E-state index in [1.165, 1.54) is 0 Å². The molecule has 0 radical (unpaired) electrons. The molecule has 1 rings (SSSR count). The minimum atomic E-state index is 0.00383. The number of carbonyl (C=O) groups excluding carboxylic acids is 1. The Bertz CT molecular complexity index is 391. The predicted molar refractivity (Wildman–Crippen MR) is 83.5 cm³/mol. The zero-order valence-corrected chi connectivity index (χ0v) is 13.4. The maximum Gasteiger partial charge on any atom is 0.251 e. The molecule has 0 saturated carbocycles. The standard InChI is InChI=1S/C15H23BrN2O/c1-3-18(4-2)11-6-5-10-17-15(19)13-8-7-9-14(16)12-13/h7-9,12H,3-6,10-11H2,1-2H3,(H,17,19). The molecule has 0 heterocycles. The van der Waals surface area contributed by atoms with Gasteiger partial charge in [-0.2, -0.15) is 0 Å². The third-order valence-electron chi connectivity index (χ3n) is 3.17. The molecule has 0 aromatic heterocycles. The molecule has 0 atom stereocenters. The van der Waals surface area contributed by atoms with E-state index in [0.29, 0.717) is 5.56 Å². The first-order chi connectivity index (χ1) is 9.17. The first-order valence-electron chi connectivity index (χ1n) is 6.93. The Labute approximate surface area is 124 Å². The van der Waals surface area contributed by atoms with E-state index >= 15 is 0 Å². The van der Waals surface area contributed by atoms with Crippen LogP contribution >= 0.6 is 15.9 Å². The Morgan fingerprint density at radius 2 is 2.00 bits per heavy atom. The van der Waals surface area contributed by atoms with Crippen LogP contribution < -0.4 is 5.32 Å². The molecular formula is C15H23BrN2O. The van der Waals surface area contributed by atoms with E-state index in [2.05, 4.69) is 40.0 Å². The molecule has 19 heavy (non-hydrogen) atoms. The summed E-state index contributed by atoms with van der Waals surface area (Å²) in [6.45, 7) is 8.41. The number of nitrogens with one attached hydrogen (secondary N) is 1. The Hall–Kier alpha value is -0.870. The van der Waals surface area contributed by atoms with Crippen LogP contribution in [0.2, 0.25) is 0 Å². The summed E-state index contributed by atoms with van der Waals surface area (Å²) in [6.07, 6.45) is 2.15. The summed E-state index contributed by atoms with van der Waals surface area (Å²) in [5.74, 6) is 0.00383. The summed E-state index contributed by atoms with van der Waals surface area (Å²) in [5.41, 5.74) is 0.707. The van der Waals surface area contributed by atoms with Gasteiger partial charge in [0.1, 0.15) is 0 Å². The summed E-state index contributed by atoms with van der Waals surface area (Å²) in [4.78, 5) is 14.3. The van der Waals surface area contributed by atoms with Gasteiger partial charge in [0.25, 0.3) is 5.91 Å². The summed E-state index contributed by atoms with van der Waals surface area (Å²) in [7, 11) is 0. The van der Waals surface area contributed by atoms with Gasteiger partial charge in [0.15, 0.2) is 0 Å². The highest BCUT2D eigenvalue weighted by atomic mass is 79.9. The van der Waals surface area contributed by atoms with Gasteiger partial charge in [-0.3, -0.25) is 4.79 Å². The van der Waals surface area contributed by atoms with E-state index in [1.54, 1.807) is 0 Å². The lowest BCUT2D eigenvalue weighted by atomic mass is 10.2. The minimum absolute atomic E-state index is 0.00383. The SMILES string of the molecule is CCN(CC)CCCCNC(=O)c1cccc(Br)c1. The van der Waals surface area contributed by atoms with Crippen molar-refractivity contribution >= 4 is 21.8 Å². The fourth-order valence-electron chi connectivity index (χ4n) is 1.93. The van der Waals surface area contributed by atoms with Crippen LogP contribution in [0.25, 0.3) is 0 Å². The Morgan fingerprint density at radius 1 is 1.26 bits per heavy atom. The van der Waals surface area contributed by atoms with Crippen molar-refractivity contribution in [2.24, 2.45) is 0 Å². The van der Waals surface area contributed by atoms with Gasteiger partial charge in [0.2, 0.25) is 0 Å². The molecule has 1 aromatic rings. The maximum atomic E-state index is 11.9. The van der Waals surface area contributed by atoms with Gasteiger partial charge >= 0.3 is 0 Å². The van der Waals surface area contributed by atoms with Crippen molar-refractivity contribution in [1.29, 1.82) is 0 Å². The van der Waals surface area contributed by atoms with Crippen LogP contribution in [0.1, 0.15) is 37.0 Å². The normalized spacial score (nSPS) is 10.7. The van der Waals surface area contributed by atoms with Crippen LogP contribution in [0.3, 0.4) is 0 Å². The number of benzene rings is 1. The predicted octanol–water partition coefficient (Wildman–Crippen LogP) is 3.30. The van der Waals surface area contributed by atoms with Crippen molar-refractivity contribution < 1.29 is 4.79 Å². The summed E-state index contributed by atoms with van der Waals surface area (Å²) < 4.78 is 0.932. The molecule has 0 bridgehead atoms. The number of nitrogens with zero attached hydrogens (tertiary/aromatic N) is 1. The lowest BCUT2D eigenvalue weighted by Crippen LogP contribution is -2.27. The second-order valence-electron chi connectivity index (χ2n) is 4.50. The van der Waals surface area contributed by atoms with E-state index in [4.69, 9.17) is 0 Å². The lowest BCUT2D eigenvalue weighted by molar-refractivity contribution is 0.0952. The molecular weight excluding hydrogens is 304 g/mol. The zero-order valence-electron chi connectivity index (χ0n) is 11.8. The molecule has 0 fully saturated rings. The highest BCUT2D eigenvalue weighted by Gasteiger charge is 2.04. The van der Waals surface area contributed by atoms with Crippen LogP contribution in [0.4, 0.5) is 0 Å². The number of amides is 1. The molecule has 1 N–H and O–H groups in total.